The smallest absolute Gasteiger partial charge is 0.208 e. The second-order valence-electron chi connectivity index (χ2n) is 4.51. The summed E-state index contributed by atoms with van der Waals surface area (Å²) in [7, 11) is -1.34. The predicted octanol–water partition coefficient (Wildman–Crippen LogP) is 0.671. The SMILES string of the molecule is CCCCCCNC(=NC)NCCCNS(C)(=O)=O. The van der Waals surface area contributed by atoms with Crippen molar-refractivity contribution in [2.45, 2.75) is 39.0 Å². The summed E-state index contributed by atoms with van der Waals surface area (Å²) in [4.78, 5) is 4.11. The molecule has 19 heavy (non-hydrogen) atoms. The van der Waals surface area contributed by atoms with Crippen LogP contribution in [0.15, 0.2) is 4.99 Å². The van der Waals surface area contributed by atoms with E-state index in [9.17, 15) is 8.42 Å². The van der Waals surface area contributed by atoms with Gasteiger partial charge in [-0.3, -0.25) is 4.99 Å². The number of nitrogens with one attached hydrogen (secondary N) is 3. The summed E-state index contributed by atoms with van der Waals surface area (Å²) in [5.41, 5.74) is 0. The number of aliphatic imine (C=N–C) groups is 1. The van der Waals surface area contributed by atoms with Crippen LogP contribution in [0.3, 0.4) is 0 Å². The molecular formula is C12H28N4O2S. The average Bonchev–Trinajstić information content (AvgIpc) is 2.34. The summed E-state index contributed by atoms with van der Waals surface area (Å²) < 4.78 is 24.1. The van der Waals surface area contributed by atoms with Crippen LogP contribution in [0.4, 0.5) is 0 Å². The molecule has 0 unspecified atom stereocenters. The molecule has 0 aliphatic heterocycles. The van der Waals surface area contributed by atoms with Crippen LogP contribution in [0.2, 0.25) is 0 Å². The molecule has 0 aromatic heterocycles. The van der Waals surface area contributed by atoms with E-state index in [2.05, 4.69) is 27.3 Å². The van der Waals surface area contributed by atoms with Crippen LogP contribution in [-0.4, -0.2) is 47.3 Å². The van der Waals surface area contributed by atoms with Crippen molar-refractivity contribution < 1.29 is 8.42 Å². The molecular weight excluding hydrogens is 264 g/mol. The molecule has 0 radical (unpaired) electrons. The lowest BCUT2D eigenvalue weighted by Gasteiger charge is -2.11. The van der Waals surface area contributed by atoms with Crippen molar-refractivity contribution in [3.63, 3.8) is 0 Å². The van der Waals surface area contributed by atoms with E-state index < -0.39 is 10.0 Å². The van der Waals surface area contributed by atoms with Gasteiger partial charge in [-0.25, -0.2) is 13.1 Å². The third-order valence-corrected chi connectivity index (χ3v) is 3.29. The number of hydrogen-bond acceptors (Lipinski definition) is 3. The van der Waals surface area contributed by atoms with Crippen LogP contribution in [0.5, 0.6) is 0 Å². The van der Waals surface area contributed by atoms with E-state index in [1.807, 2.05) is 0 Å². The minimum Gasteiger partial charge on any atom is -0.356 e. The Morgan fingerprint density at radius 2 is 1.63 bits per heavy atom. The molecule has 0 amide bonds. The summed E-state index contributed by atoms with van der Waals surface area (Å²) in [6.45, 7) is 4.25. The molecule has 0 fully saturated rings. The van der Waals surface area contributed by atoms with Gasteiger partial charge >= 0.3 is 0 Å². The van der Waals surface area contributed by atoms with E-state index in [4.69, 9.17) is 0 Å². The molecule has 0 bridgehead atoms. The largest absolute Gasteiger partial charge is 0.356 e. The fourth-order valence-corrected chi connectivity index (χ4v) is 2.05. The number of unbranched alkanes of at least 4 members (excludes halogenated alkanes) is 3. The van der Waals surface area contributed by atoms with Crippen molar-refractivity contribution >= 4 is 16.0 Å². The van der Waals surface area contributed by atoms with E-state index in [-0.39, 0.29) is 0 Å². The van der Waals surface area contributed by atoms with Crippen LogP contribution in [0.1, 0.15) is 39.0 Å². The summed E-state index contributed by atoms with van der Waals surface area (Å²) >= 11 is 0. The third kappa shape index (κ3) is 13.4. The first-order chi connectivity index (χ1) is 8.99. The van der Waals surface area contributed by atoms with Crippen LogP contribution in [0, 0.1) is 0 Å². The van der Waals surface area contributed by atoms with Gasteiger partial charge in [0.2, 0.25) is 10.0 Å². The van der Waals surface area contributed by atoms with E-state index in [1.165, 1.54) is 19.3 Å². The summed E-state index contributed by atoms with van der Waals surface area (Å²) in [6.07, 6.45) is 6.77. The second-order valence-corrected chi connectivity index (χ2v) is 6.34. The zero-order valence-corrected chi connectivity index (χ0v) is 13.1. The molecule has 0 atom stereocenters. The van der Waals surface area contributed by atoms with Gasteiger partial charge in [-0.1, -0.05) is 26.2 Å². The molecule has 0 heterocycles. The average molecular weight is 292 g/mol. The second kappa shape index (κ2) is 11.0. The van der Waals surface area contributed by atoms with Crippen molar-refractivity contribution in [3.8, 4) is 0 Å². The molecule has 0 aliphatic rings. The Hall–Kier alpha value is -0.820. The lowest BCUT2D eigenvalue weighted by atomic mass is 10.2. The topological polar surface area (TPSA) is 82.6 Å². The maximum atomic E-state index is 10.8. The molecule has 6 nitrogen and oxygen atoms in total. The molecule has 7 heteroatoms. The monoisotopic (exact) mass is 292 g/mol. The van der Waals surface area contributed by atoms with Gasteiger partial charge in [0.1, 0.15) is 0 Å². The summed E-state index contributed by atoms with van der Waals surface area (Å²) in [6, 6.07) is 0. The fourth-order valence-electron chi connectivity index (χ4n) is 1.53. The van der Waals surface area contributed by atoms with Gasteiger partial charge < -0.3 is 10.6 Å². The van der Waals surface area contributed by atoms with Gasteiger partial charge in [0.15, 0.2) is 5.96 Å². The molecule has 0 aromatic rings. The summed E-state index contributed by atoms with van der Waals surface area (Å²) in [5, 5.41) is 6.39. The Morgan fingerprint density at radius 1 is 1.00 bits per heavy atom. The highest BCUT2D eigenvalue weighted by Gasteiger charge is 2.00. The normalized spacial score (nSPS) is 12.5. The van der Waals surface area contributed by atoms with Crippen LogP contribution >= 0.6 is 0 Å². The Labute approximate surface area is 117 Å². The van der Waals surface area contributed by atoms with Gasteiger partial charge in [0, 0.05) is 26.7 Å². The Kier molecular flexibility index (Phi) is 10.6. The van der Waals surface area contributed by atoms with Crippen LogP contribution < -0.4 is 15.4 Å². The first kappa shape index (κ1) is 18.2. The van der Waals surface area contributed by atoms with Gasteiger partial charge in [0.05, 0.1) is 6.26 Å². The van der Waals surface area contributed by atoms with E-state index in [0.29, 0.717) is 13.1 Å². The van der Waals surface area contributed by atoms with Crippen molar-refractivity contribution in [1.29, 1.82) is 0 Å². The van der Waals surface area contributed by atoms with Gasteiger partial charge in [-0.15, -0.1) is 0 Å². The third-order valence-electron chi connectivity index (χ3n) is 2.56. The first-order valence-corrected chi connectivity index (χ1v) is 8.78. The first-order valence-electron chi connectivity index (χ1n) is 6.88. The summed E-state index contributed by atoms with van der Waals surface area (Å²) in [5.74, 6) is 0.774. The predicted molar refractivity (Wildman–Crippen MR) is 81.0 cm³/mol. The Morgan fingerprint density at radius 3 is 2.16 bits per heavy atom. The van der Waals surface area contributed by atoms with Gasteiger partial charge in [-0.2, -0.15) is 0 Å². The van der Waals surface area contributed by atoms with Crippen LogP contribution in [-0.2, 0) is 10.0 Å². The molecule has 0 saturated carbocycles. The molecule has 114 valence electrons. The highest BCUT2D eigenvalue weighted by Crippen LogP contribution is 1.96. The highest BCUT2D eigenvalue weighted by atomic mass is 32.2. The zero-order valence-electron chi connectivity index (χ0n) is 12.3. The van der Waals surface area contributed by atoms with Crippen molar-refractivity contribution in [1.82, 2.24) is 15.4 Å². The fraction of sp³-hybridized carbons (Fsp3) is 0.917. The maximum Gasteiger partial charge on any atom is 0.208 e. The minimum absolute atomic E-state index is 0.444. The Bertz CT molecular complexity index is 342. The number of sulfonamides is 1. The van der Waals surface area contributed by atoms with Crippen LogP contribution in [0.25, 0.3) is 0 Å². The molecule has 0 saturated heterocycles. The number of guanidine groups is 1. The quantitative estimate of drug-likeness (QED) is 0.314. The van der Waals surface area contributed by atoms with E-state index in [0.717, 1.165) is 31.6 Å². The number of rotatable bonds is 10. The Balaban J connectivity index is 3.55. The zero-order chi connectivity index (χ0) is 14.6. The van der Waals surface area contributed by atoms with Crippen molar-refractivity contribution in [3.05, 3.63) is 0 Å². The standard InChI is InChI=1S/C12H28N4O2S/c1-4-5-6-7-9-14-12(13-2)15-10-8-11-16-19(3,17)18/h16H,4-11H2,1-3H3,(H2,13,14,15). The number of nitrogens with zero attached hydrogens (tertiary/aromatic N) is 1. The molecule has 3 N–H and O–H groups in total. The van der Waals surface area contributed by atoms with Gasteiger partial charge in [0.25, 0.3) is 0 Å². The lowest BCUT2D eigenvalue weighted by Crippen LogP contribution is -2.39. The van der Waals surface area contributed by atoms with Gasteiger partial charge in [-0.05, 0) is 12.8 Å². The maximum absolute atomic E-state index is 10.8. The molecule has 0 aromatic carbocycles. The molecule has 0 spiro atoms. The highest BCUT2D eigenvalue weighted by molar-refractivity contribution is 7.88. The molecule has 0 rings (SSSR count). The van der Waals surface area contributed by atoms with Crippen molar-refractivity contribution in [2.24, 2.45) is 4.99 Å². The lowest BCUT2D eigenvalue weighted by molar-refractivity contribution is 0.584. The van der Waals surface area contributed by atoms with E-state index >= 15 is 0 Å². The van der Waals surface area contributed by atoms with E-state index in [1.54, 1.807) is 7.05 Å². The number of hydrogen-bond donors (Lipinski definition) is 3. The van der Waals surface area contributed by atoms with Crippen molar-refractivity contribution in [2.75, 3.05) is 32.9 Å². The minimum atomic E-state index is -3.08. The molecule has 0 aliphatic carbocycles.